The number of ketones is 1. The summed E-state index contributed by atoms with van der Waals surface area (Å²) in [5.41, 5.74) is 0.272. The van der Waals surface area contributed by atoms with E-state index in [0.717, 1.165) is 12.1 Å². The van der Waals surface area contributed by atoms with E-state index in [1.165, 1.54) is 47.2 Å². The first kappa shape index (κ1) is 21.6. The molecule has 0 aliphatic carbocycles. The number of nitrogens with one attached hydrogen (secondary N) is 2. The molecule has 1 aliphatic rings. The Morgan fingerprint density at radius 3 is 2.65 bits per heavy atom. The van der Waals surface area contributed by atoms with Crippen molar-refractivity contribution in [1.29, 1.82) is 0 Å². The summed E-state index contributed by atoms with van der Waals surface area (Å²) >= 11 is 0. The fourth-order valence-electron chi connectivity index (χ4n) is 3.36. The lowest BCUT2D eigenvalue weighted by Crippen LogP contribution is -2.40. The molecule has 0 radical (unpaired) electrons. The molecule has 5 rings (SSSR count). The number of halogens is 5. The molecule has 0 amide bonds. The Morgan fingerprint density at radius 1 is 1.06 bits per heavy atom. The van der Waals surface area contributed by atoms with E-state index in [1.807, 2.05) is 0 Å². The van der Waals surface area contributed by atoms with Crippen molar-refractivity contribution < 1.29 is 31.5 Å². The molecule has 4 aromatic rings. The number of aromatic nitrogens is 4. The summed E-state index contributed by atoms with van der Waals surface area (Å²) < 4.78 is 71.6. The van der Waals surface area contributed by atoms with Gasteiger partial charge < -0.3 is 15.4 Å². The first-order valence-corrected chi connectivity index (χ1v) is 9.74. The number of carbonyl (C=O) groups is 1. The lowest BCUT2D eigenvalue weighted by Gasteiger charge is -2.24. The van der Waals surface area contributed by atoms with Crippen molar-refractivity contribution >= 4 is 34.6 Å². The minimum Gasteiger partial charge on any atom is -0.426 e. The van der Waals surface area contributed by atoms with E-state index < -0.39 is 30.1 Å². The smallest absolute Gasteiger partial charge is 0.426 e. The second-order valence-electron chi connectivity index (χ2n) is 7.35. The first-order chi connectivity index (χ1) is 16.1. The molecule has 0 bridgehead atoms. The van der Waals surface area contributed by atoms with Crippen LogP contribution in [0.1, 0.15) is 11.1 Å². The fraction of sp³-hybridized carbons (Fsp3) is 0.143. The Balaban J connectivity index is 1.41. The van der Waals surface area contributed by atoms with Crippen LogP contribution in [-0.2, 0) is 17.4 Å². The largest absolute Gasteiger partial charge is 0.461 e. The van der Waals surface area contributed by atoms with Gasteiger partial charge >= 0.3 is 12.3 Å². The summed E-state index contributed by atoms with van der Waals surface area (Å²) in [6.45, 7) is 0. The van der Waals surface area contributed by atoms with Crippen molar-refractivity contribution in [1.82, 2.24) is 19.6 Å². The Morgan fingerprint density at radius 2 is 1.85 bits per heavy atom. The highest BCUT2D eigenvalue weighted by Gasteiger charge is 2.45. The van der Waals surface area contributed by atoms with Crippen LogP contribution in [0.4, 0.5) is 45.1 Å². The maximum absolute atomic E-state index is 13.5. The average molecular weight is 476 g/mol. The third-order valence-corrected chi connectivity index (χ3v) is 4.94. The highest BCUT2D eigenvalue weighted by molar-refractivity contribution is 5.89. The quantitative estimate of drug-likeness (QED) is 0.412. The van der Waals surface area contributed by atoms with Gasteiger partial charge in [-0.2, -0.15) is 26.9 Å². The van der Waals surface area contributed by atoms with Gasteiger partial charge in [0, 0.05) is 35.8 Å². The molecule has 174 valence electrons. The van der Waals surface area contributed by atoms with Crippen molar-refractivity contribution in [3.63, 3.8) is 0 Å². The fourth-order valence-corrected chi connectivity index (χ4v) is 3.36. The minimum atomic E-state index is -4.49. The molecule has 8 nitrogen and oxygen atoms in total. The van der Waals surface area contributed by atoms with Crippen molar-refractivity contribution in [3.8, 4) is 5.75 Å². The van der Waals surface area contributed by atoms with E-state index in [0.29, 0.717) is 5.69 Å². The predicted molar refractivity (Wildman–Crippen MR) is 110 cm³/mol. The van der Waals surface area contributed by atoms with Gasteiger partial charge in [-0.1, -0.05) is 6.07 Å². The highest BCUT2D eigenvalue weighted by Crippen LogP contribution is 2.35. The molecule has 0 spiro atoms. The van der Waals surface area contributed by atoms with Gasteiger partial charge in [-0.15, -0.1) is 5.10 Å². The van der Waals surface area contributed by atoms with Gasteiger partial charge in [0.05, 0.1) is 5.56 Å². The van der Waals surface area contributed by atoms with Crippen LogP contribution in [0.5, 0.6) is 5.75 Å². The topological polar surface area (TPSA) is 93.4 Å². The number of carbonyl (C=O) groups excluding carboxylic acids is 1. The number of ether oxygens (including phenoxy) is 1. The van der Waals surface area contributed by atoms with Crippen LogP contribution < -0.4 is 15.4 Å². The predicted octanol–water partition coefficient (Wildman–Crippen LogP) is 4.73. The molecule has 13 heteroatoms. The summed E-state index contributed by atoms with van der Waals surface area (Å²) in [6, 6.07) is 8.84. The number of Topliss-reactive ketones (excluding diaryl/α,β-unsaturated/α-hetero) is 1. The van der Waals surface area contributed by atoms with E-state index in [2.05, 4.69) is 30.4 Å². The SMILES string of the molecule is O=C1Cc2cc(Nc3nccn4nc(Nc5cccc(C(F)(F)F)c5)nc34)ccc2OC1(F)F. The molecule has 34 heavy (non-hydrogen) atoms. The first-order valence-electron chi connectivity index (χ1n) is 9.74. The lowest BCUT2D eigenvalue weighted by atomic mass is 10.0. The molecule has 0 unspecified atom stereocenters. The Kier molecular flexibility index (Phi) is 4.84. The molecule has 0 fully saturated rings. The monoisotopic (exact) mass is 476 g/mol. The van der Waals surface area contributed by atoms with E-state index in [1.54, 1.807) is 0 Å². The summed E-state index contributed by atoms with van der Waals surface area (Å²) in [4.78, 5) is 20.0. The number of hydrogen-bond acceptors (Lipinski definition) is 7. The molecule has 1 aliphatic heterocycles. The number of rotatable bonds is 4. The van der Waals surface area contributed by atoms with Crippen LogP contribution >= 0.6 is 0 Å². The Bertz CT molecular complexity index is 1420. The molecular weight excluding hydrogens is 463 g/mol. The second-order valence-corrected chi connectivity index (χ2v) is 7.35. The molecule has 2 aromatic carbocycles. The summed E-state index contributed by atoms with van der Waals surface area (Å²) in [7, 11) is 0. The van der Waals surface area contributed by atoms with Gasteiger partial charge in [-0.25, -0.2) is 9.50 Å². The molecule has 3 heterocycles. The number of benzene rings is 2. The molecule has 2 N–H and O–H groups in total. The number of fused-ring (bicyclic) bond motifs is 2. The zero-order valence-electron chi connectivity index (χ0n) is 16.9. The lowest BCUT2D eigenvalue weighted by molar-refractivity contribution is -0.193. The van der Waals surface area contributed by atoms with Crippen LogP contribution in [0.2, 0.25) is 0 Å². The molecule has 2 aromatic heterocycles. The van der Waals surface area contributed by atoms with E-state index in [-0.39, 0.29) is 34.4 Å². The highest BCUT2D eigenvalue weighted by atomic mass is 19.4. The van der Waals surface area contributed by atoms with Crippen LogP contribution in [0.3, 0.4) is 0 Å². The van der Waals surface area contributed by atoms with Gasteiger partial charge in [0.2, 0.25) is 17.4 Å². The molecule has 0 atom stereocenters. The number of hydrogen-bond donors (Lipinski definition) is 2. The third-order valence-electron chi connectivity index (χ3n) is 4.94. The normalized spacial score (nSPS) is 15.0. The Labute approximate surface area is 187 Å². The van der Waals surface area contributed by atoms with Crippen LogP contribution in [0.15, 0.2) is 54.9 Å². The van der Waals surface area contributed by atoms with Gasteiger partial charge in [0.25, 0.3) is 0 Å². The average Bonchev–Trinajstić information content (AvgIpc) is 3.18. The summed E-state index contributed by atoms with van der Waals surface area (Å²) in [5, 5.41) is 9.88. The van der Waals surface area contributed by atoms with Gasteiger partial charge in [-0.3, -0.25) is 4.79 Å². The standard InChI is InChI=1S/C21H13F5N6O2/c22-20(23,24)12-2-1-3-13(10-12)29-19-30-18-17(27-6-7-32(18)31-19)28-14-4-5-15-11(8-14)9-16(33)21(25,26)34-15/h1-8,10H,9H2,(H,27,28)(H,29,31). The second kappa shape index (κ2) is 7.64. The summed E-state index contributed by atoms with van der Waals surface area (Å²) in [6.07, 6.45) is -5.94. The van der Waals surface area contributed by atoms with Gasteiger partial charge in [0.15, 0.2) is 5.82 Å². The number of alkyl halides is 5. The maximum Gasteiger partial charge on any atom is 0.461 e. The van der Waals surface area contributed by atoms with E-state index >= 15 is 0 Å². The molecule has 0 saturated heterocycles. The minimum absolute atomic E-state index is 0.0297. The number of anilines is 4. The molecular formula is C21H13F5N6O2. The van der Waals surface area contributed by atoms with Gasteiger partial charge in [0.1, 0.15) is 5.75 Å². The van der Waals surface area contributed by atoms with Crippen molar-refractivity contribution in [2.45, 2.75) is 18.7 Å². The van der Waals surface area contributed by atoms with Crippen molar-refractivity contribution in [2.75, 3.05) is 10.6 Å². The van der Waals surface area contributed by atoms with Gasteiger partial charge in [-0.05, 0) is 36.4 Å². The van der Waals surface area contributed by atoms with E-state index in [9.17, 15) is 26.7 Å². The Hall–Kier alpha value is -4.29. The zero-order valence-corrected chi connectivity index (χ0v) is 16.9. The third kappa shape index (κ3) is 4.07. The van der Waals surface area contributed by atoms with E-state index in [4.69, 9.17) is 0 Å². The summed E-state index contributed by atoms with van der Waals surface area (Å²) in [5.74, 6) is -1.18. The maximum atomic E-state index is 13.5. The number of nitrogens with zero attached hydrogens (tertiary/aromatic N) is 4. The molecule has 0 saturated carbocycles. The van der Waals surface area contributed by atoms with Crippen LogP contribution in [-0.4, -0.2) is 31.5 Å². The van der Waals surface area contributed by atoms with Crippen molar-refractivity contribution in [2.24, 2.45) is 0 Å². The van der Waals surface area contributed by atoms with Crippen LogP contribution in [0, 0.1) is 0 Å². The zero-order chi connectivity index (χ0) is 24.1. The van der Waals surface area contributed by atoms with Crippen LogP contribution in [0.25, 0.3) is 5.65 Å². The van der Waals surface area contributed by atoms with Crippen molar-refractivity contribution in [3.05, 3.63) is 66.0 Å².